The molecule has 0 fully saturated rings. The first-order valence-corrected chi connectivity index (χ1v) is 7.93. The van der Waals surface area contributed by atoms with Gasteiger partial charge in [-0.05, 0) is 40.0 Å². The van der Waals surface area contributed by atoms with Crippen molar-refractivity contribution in [2.24, 2.45) is 0 Å². The Bertz CT molecular complexity index is 596. The predicted octanol–water partition coefficient (Wildman–Crippen LogP) is 2.35. The lowest BCUT2D eigenvalue weighted by Gasteiger charge is -2.15. The summed E-state index contributed by atoms with van der Waals surface area (Å²) < 4.78 is 25.6. The van der Waals surface area contributed by atoms with E-state index in [-0.39, 0.29) is 10.5 Å². The third-order valence-electron chi connectivity index (χ3n) is 2.67. The molecule has 0 saturated carbocycles. The highest BCUT2D eigenvalue weighted by Crippen LogP contribution is 2.28. The van der Waals surface area contributed by atoms with Gasteiger partial charge in [0.05, 0.1) is 10.5 Å². The van der Waals surface area contributed by atoms with Gasteiger partial charge in [-0.25, -0.2) is 17.5 Å². The fourth-order valence-electron chi connectivity index (χ4n) is 1.66. The summed E-state index contributed by atoms with van der Waals surface area (Å²) in [5, 5.41) is 9.19. The second-order valence-corrected chi connectivity index (χ2v) is 7.26. The average molecular weight is 350 g/mol. The summed E-state index contributed by atoms with van der Waals surface area (Å²) in [4.78, 5) is 11.2. The number of carbonyl (C=O) groups is 1. The first-order valence-electron chi connectivity index (χ1n) is 5.70. The van der Waals surface area contributed by atoms with Crippen molar-refractivity contribution in [1.82, 2.24) is 4.31 Å². The van der Waals surface area contributed by atoms with Crippen molar-refractivity contribution in [3.8, 4) is 0 Å². The number of benzene rings is 1. The number of sulfonamides is 1. The smallest absolute Gasteiger partial charge is 0.336 e. The number of aryl methyl sites for hydroxylation is 1. The minimum atomic E-state index is -3.67. The molecule has 0 aliphatic carbocycles. The van der Waals surface area contributed by atoms with Crippen LogP contribution in [0.3, 0.4) is 0 Å². The third kappa shape index (κ3) is 3.34. The number of hydrogen-bond acceptors (Lipinski definition) is 3. The van der Waals surface area contributed by atoms with Crippen LogP contribution in [0.15, 0.2) is 21.5 Å². The quantitative estimate of drug-likeness (QED) is 0.885. The second kappa shape index (κ2) is 6.02. The third-order valence-corrected chi connectivity index (χ3v) is 5.44. The summed E-state index contributed by atoms with van der Waals surface area (Å²) in [5.74, 6) is -1.12. The zero-order chi connectivity index (χ0) is 14.8. The van der Waals surface area contributed by atoms with Crippen molar-refractivity contribution in [2.75, 3.05) is 14.1 Å². The van der Waals surface area contributed by atoms with E-state index in [0.29, 0.717) is 16.5 Å². The summed E-state index contributed by atoms with van der Waals surface area (Å²) in [7, 11) is -0.862. The molecule has 0 heterocycles. The molecule has 0 spiro atoms. The number of aromatic carboxylic acids is 1. The number of carboxylic acid groups (broad SMARTS) is 1. The predicted molar refractivity (Wildman–Crippen MR) is 76.0 cm³/mol. The van der Waals surface area contributed by atoms with Crippen molar-refractivity contribution < 1.29 is 18.3 Å². The summed E-state index contributed by atoms with van der Waals surface area (Å²) in [6.45, 7) is 1.93. The van der Waals surface area contributed by atoms with Crippen LogP contribution in [0, 0.1) is 0 Å². The van der Waals surface area contributed by atoms with Gasteiger partial charge >= 0.3 is 5.97 Å². The fraction of sp³-hybridized carbons (Fsp3) is 0.417. The molecule has 19 heavy (non-hydrogen) atoms. The lowest BCUT2D eigenvalue weighted by atomic mass is 10.0. The maximum Gasteiger partial charge on any atom is 0.336 e. The van der Waals surface area contributed by atoms with Crippen molar-refractivity contribution >= 4 is 31.9 Å². The van der Waals surface area contributed by atoms with E-state index in [9.17, 15) is 18.3 Å². The molecule has 0 atom stereocenters. The van der Waals surface area contributed by atoms with E-state index in [1.807, 2.05) is 6.92 Å². The summed E-state index contributed by atoms with van der Waals surface area (Å²) in [6.07, 6.45) is 1.37. The van der Waals surface area contributed by atoms with Gasteiger partial charge in [-0.15, -0.1) is 0 Å². The van der Waals surface area contributed by atoms with Crippen LogP contribution < -0.4 is 0 Å². The number of rotatable bonds is 5. The molecular weight excluding hydrogens is 334 g/mol. The number of nitrogens with zero attached hydrogens (tertiary/aromatic N) is 1. The Morgan fingerprint density at radius 2 is 1.95 bits per heavy atom. The van der Waals surface area contributed by atoms with Gasteiger partial charge in [0.25, 0.3) is 0 Å². The maximum absolute atomic E-state index is 12.1. The zero-order valence-corrected chi connectivity index (χ0v) is 13.4. The summed E-state index contributed by atoms with van der Waals surface area (Å²) >= 11 is 3.21. The van der Waals surface area contributed by atoms with Crippen LogP contribution in [0.25, 0.3) is 0 Å². The normalized spacial score (nSPS) is 11.8. The molecule has 0 saturated heterocycles. The van der Waals surface area contributed by atoms with Crippen molar-refractivity contribution in [3.63, 3.8) is 0 Å². The zero-order valence-electron chi connectivity index (χ0n) is 11.0. The van der Waals surface area contributed by atoms with E-state index in [4.69, 9.17) is 0 Å². The SMILES string of the molecule is CCCc1cc(Br)c(S(=O)(=O)N(C)C)cc1C(=O)O. The largest absolute Gasteiger partial charge is 0.478 e. The molecule has 0 amide bonds. The lowest BCUT2D eigenvalue weighted by Crippen LogP contribution is -2.23. The maximum atomic E-state index is 12.1. The highest BCUT2D eigenvalue weighted by atomic mass is 79.9. The van der Waals surface area contributed by atoms with Gasteiger partial charge in [0.2, 0.25) is 10.0 Å². The highest BCUT2D eigenvalue weighted by Gasteiger charge is 2.24. The summed E-state index contributed by atoms with van der Waals surface area (Å²) in [5.41, 5.74) is 0.657. The molecule has 1 rings (SSSR count). The molecule has 7 heteroatoms. The molecular formula is C12H16BrNO4S. The Kier molecular flexibility index (Phi) is 5.11. The Morgan fingerprint density at radius 3 is 2.37 bits per heavy atom. The standard InChI is InChI=1S/C12H16BrNO4S/c1-4-5-8-6-10(13)11(7-9(8)12(15)16)19(17,18)14(2)3/h6-7H,4-5H2,1-3H3,(H,15,16). The van der Waals surface area contributed by atoms with Crippen molar-refractivity contribution in [3.05, 3.63) is 27.7 Å². The molecule has 0 aliphatic rings. The lowest BCUT2D eigenvalue weighted by molar-refractivity contribution is 0.0695. The molecule has 1 aromatic rings. The monoisotopic (exact) mass is 349 g/mol. The van der Waals surface area contributed by atoms with E-state index in [2.05, 4.69) is 15.9 Å². The van der Waals surface area contributed by atoms with Crippen molar-refractivity contribution in [1.29, 1.82) is 0 Å². The van der Waals surface area contributed by atoms with Crippen LogP contribution in [0.4, 0.5) is 0 Å². The van der Waals surface area contributed by atoms with Crippen LogP contribution in [0.5, 0.6) is 0 Å². The highest BCUT2D eigenvalue weighted by molar-refractivity contribution is 9.10. The van der Waals surface area contributed by atoms with Gasteiger partial charge in [-0.3, -0.25) is 0 Å². The van der Waals surface area contributed by atoms with Gasteiger partial charge in [0, 0.05) is 18.6 Å². The molecule has 1 aromatic carbocycles. The molecule has 0 bridgehead atoms. The van der Waals surface area contributed by atoms with E-state index < -0.39 is 16.0 Å². The summed E-state index contributed by atoms with van der Waals surface area (Å²) in [6, 6.07) is 2.79. The first-order chi connectivity index (χ1) is 8.71. The molecule has 0 radical (unpaired) electrons. The molecule has 5 nitrogen and oxygen atoms in total. The number of halogens is 1. The number of carboxylic acids is 1. The van der Waals surface area contributed by atoms with E-state index in [1.54, 1.807) is 6.07 Å². The molecule has 0 aliphatic heterocycles. The Morgan fingerprint density at radius 1 is 1.37 bits per heavy atom. The molecule has 0 aromatic heterocycles. The molecule has 0 unspecified atom stereocenters. The van der Waals surface area contributed by atoms with Crippen LogP contribution in [-0.4, -0.2) is 37.9 Å². The van der Waals surface area contributed by atoms with Gasteiger partial charge in [0.1, 0.15) is 0 Å². The van der Waals surface area contributed by atoms with Gasteiger partial charge in [-0.1, -0.05) is 13.3 Å². The van der Waals surface area contributed by atoms with E-state index >= 15 is 0 Å². The molecule has 106 valence electrons. The Balaban J connectivity index is 3.54. The van der Waals surface area contributed by atoms with Crippen LogP contribution >= 0.6 is 15.9 Å². The van der Waals surface area contributed by atoms with Gasteiger partial charge in [0.15, 0.2) is 0 Å². The minimum absolute atomic E-state index is 0.0326. The number of hydrogen-bond donors (Lipinski definition) is 1. The van der Waals surface area contributed by atoms with Gasteiger partial charge in [-0.2, -0.15) is 0 Å². The van der Waals surface area contributed by atoms with Crippen LogP contribution in [0.1, 0.15) is 29.3 Å². The minimum Gasteiger partial charge on any atom is -0.478 e. The Hall–Kier alpha value is -0.920. The Labute approximate surface area is 121 Å². The first kappa shape index (κ1) is 16.1. The van der Waals surface area contributed by atoms with Crippen molar-refractivity contribution in [2.45, 2.75) is 24.7 Å². The topological polar surface area (TPSA) is 74.7 Å². The van der Waals surface area contributed by atoms with E-state index in [0.717, 1.165) is 10.7 Å². The fourth-order valence-corrected chi connectivity index (χ4v) is 3.63. The van der Waals surface area contributed by atoms with Gasteiger partial charge < -0.3 is 5.11 Å². The van der Waals surface area contributed by atoms with Crippen LogP contribution in [0.2, 0.25) is 0 Å². The second-order valence-electron chi connectivity index (χ2n) is 4.28. The van der Waals surface area contributed by atoms with Crippen LogP contribution in [-0.2, 0) is 16.4 Å². The van der Waals surface area contributed by atoms with E-state index in [1.165, 1.54) is 20.2 Å². The average Bonchev–Trinajstić information content (AvgIpc) is 2.28. The molecule has 1 N–H and O–H groups in total.